The van der Waals surface area contributed by atoms with Crippen LogP contribution in [0, 0.1) is 5.92 Å². The maximum Gasteiger partial charge on any atom is 0.262 e. The molecule has 0 radical (unpaired) electrons. The van der Waals surface area contributed by atoms with Gasteiger partial charge in [0.15, 0.2) is 0 Å². The second-order valence-electron chi connectivity index (χ2n) is 9.97. The van der Waals surface area contributed by atoms with Crippen LogP contribution in [0.1, 0.15) is 36.4 Å². The number of morpholine rings is 1. The number of hydrogen-bond acceptors (Lipinski definition) is 7. The Hall–Kier alpha value is -3.43. The maximum absolute atomic E-state index is 13.9. The molecule has 5 rings (SSSR count). The molecular weight excluding hydrogens is 484 g/mol. The van der Waals surface area contributed by atoms with Gasteiger partial charge in [-0.1, -0.05) is 30.3 Å². The summed E-state index contributed by atoms with van der Waals surface area (Å²) >= 11 is 0. The Labute approximate surface area is 223 Å². The van der Waals surface area contributed by atoms with Crippen LogP contribution in [0.2, 0.25) is 0 Å². The molecule has 2 aromatic rings. The number of ether oxygens (including phenoxy) is 3. The number of hydrazone groups is 1. The summed E-state index contributed by atoms with van der Waals surface area (Å²) in [6.07, 6.45) is 2.32. The largest absolute Gasteiger partial charge is 0.497 e. The van der Waals surface area contributed by atoms with E-state index in [-0.39, 0.29) is 30.3 Å². The van der Waals surface area contributed by atoms with Crippen LogP contribution in [0.3, 0.4) is 0 Å². The van der Waals surface area contributed by atoms with Gasteiger partial charge in [0.1, 0.15) is 18.0 Å². The quantitative estimate of drug-likeness (QED) is 0.479. The highest BCUT2D eigenvalue weighted by Gasteiger charge is 2.38. The van der Waals surface area contributed by atoms with Crippen LogP contribution in [-0.4, -0.2) is 92.5 Å². The summed E-state index contributed by atoms with van der Waals surface area (Å²) < 4.78 is 16.5. The molecule has 2 aliphatic heterocycles. The molecule has 0 unspecified atom stereocenters. The van der Waals surface area contributed by atoms with E-state index in [0.29, 0.717) is 31.9 Å². The Morgan fingerprint density at radius 1 is 1.05 bits per heavy atom. The van der Waals surface area contributed by atoms with E-state index in [0.717, 1.165) is 55.1 Å². The summed E-state index contributed by atoms with van der Waals surface area (Å²) in [5.74, 6) is 1.34. The molecule has 38 heavy (non-hydrogen) atoms. The van der Waals surface area contributed by atoms with Crippen molar-refractivity contribution in [2.45, 2.75) is 25.3 Å². The Balaban J connectivity index is 1.39. The monoisotopic (exact) mass is 520 g/mol. The molecule has 0 aromatic heterocycles. The van der Waals surface area contributed by atoms with Gasteiger partial charge in [-0.2, -0.15) is 5.10 Å². The van der Waals surface area contributed by atoms with E-state index in [1.54, 1.807) is 24.1 Å². The second-order valence-corrected chi connectivity index (χ2v) is 9.97. The Morgan fingerprint density at radius 2 is 1.84 bits per heavy atom. The molecule has 2 fully saturated rings. The number of nitrogens with zero attached hydrogens (tertiary/aromatic N) is 4. The Kier molecular flexibility index (Phi) is 8.24. The van der Waals surface area contributed by atoms with Crippen molar-refractivity contribution in [1.82, 2.24) is 14.8 Å². The third-order valence-corrected chi connectivity index (χ3v) is 7.42. The van der Waals surface area contributed by atoms with Crippen molar-refractivity contribution in [2.24, 2.45) is 11.0 Å². The molecule has 9 nitrogen and oxygen atoms in total. The normalized spacial score (nSPS) is 19.7. The number of para-hydroxylation sites is 1. The van der Waals surface area contributed by atoms with Crippen LogP contribution in [-0.2, 0) is 14.3 Å². The summed E-state index contributed by atoms with van der Waals surface area (Å²) in [6.45, 7) is 4.33. The lowest BCUT2D eigenvalue weighted by Gasteiger charge is -2.31. The highest BCUT2D eigenvalue weighted by Crippen LogP contribution is 2.38. The van der Waals surface area contributed by atoms with Crippen molar-refractivity contribution < 1.29 is 23.8 Å². The van der Waals surface area contributed by atoms with Crippen LogP contribution >= 0.6 is 0 Å². The summed E-state index contributed by atoms with van der Waals surface area (Å²) in [6, 6.07) is 15.1. The molecule has 1 aliphatic carbocycles. The summed E-state index contributed by atoms with van der Waals surface area (Å²) in [7, 11) is 3.26. The standard InChI is InChI=1S/C29H36N4O5/c1-36-23-7-5-6-22(18-23)25-19-26(24-8-3-4-9-27(24)37-2)33(30-25)28(34)20-32(29(35)21-10-11-21)13-12-31-14-16-38-17-15-31/h3-9,18,21,26H,10-17,19-20H2,1-2H3/t26-/m0/s1. The summed E-state index contributed by atoms with van der Waals surface area (Å²) in [5.41, 5.74) is 2.58. The average Bonchev–Trinajstić information content (AvgIpc) is 3.73. The van der Waals surface area contributed by atoms with E-state index in [4.69, 9.17) is 19.3 Å². The third-order valence-electron chi connectivity index (χ3n) is 7.42. The van der Waals surface area contributed by atoms with E-state index in [1.165, 1.54) is 0 Å². The number of carbonyl (C=O) groups excluding carboxylic acids is 2. The van der Waals surface area contributed by atoms with Crippen LogP contribution in [0.5, 0.6) is 11.5 Å². The Bertz CT molecular complexity index is 1180. The van der Waals surface area contributed by atoms with Crippen LogP contribution in [0.15, 0.2) is 53.6 Å². The fourth-order valence-corrected chi connectivity index (χ4v) is 5.08. The number of methoxy groups -OCH3 is 2. The first kappa shape index (κ1) is 26.2. The first-order valence-electron chi connectivity index (χ1n) is 13.3. The Morgan fingerprint density at radius 3 is 2.58 bits per heavy atom. The van der Waals surface area contributed by atoms with E-state index in [9.17, 15) is 9.59 Å². The highest BCUT2D eigenvalue weighted by atomic mass is 16.5. The van der Waals surface area contributed by atoms with Crippen molar-refractivity contribution in [3.63, 3.8) is 0 Å². The SMILES string of the molecule is COc1cccc(C2=NN(C(=O)CN(CCN3CCOCC3)C(=O)C3CC3)[C@H](c3ccccc3OC)C2)c1. The minimum atomic E-state index is -0.336. The van der Waals surface area contributed by atoms with Crippen LogP contribution in [0.25, 0.3) is 0 Å². The lowest BCUT2D eigenvalue weighted by molar-refractivity contribution is -0.142. The molecule has 9 heteroatoms. The van der Waals surface area contributed by atoms with Crippen LogP contribution < -0.4 is 9.47 Å². The molecule has 2 heterocycles. The predicted molar refractivity (Wildman–Crippen MR) is 143 cm³/mol. The van der Waals surface area contributed by atoms with E-state index < -0.39 is 0 Å². The van der Waals surface area contributed by atoms with Gasteiger partial charge >= 0.3 is 0 Å². The van der Waals surface area contributed by atoms with Crippen molar-refractivity contribution in [2.75, 3.05) is 60.2 Å². The third kappa shape index (κ3) is 6.00. The first-order valence-corrected chi connectivity index (χ1v) is 13.3. The smallest absolute Gasteiger partial charge is 0.262 e. The fraction of sp³-hybridized carbons (Fsp3) is 0.483. The number of hydrogen-bond donors (Lipinski definition) is 0. The molecule has 1 saturated carbocycles. The highest BCUT2D eigenvalue weighted by molar-refractivity contribution is 6.03. The number of carbonyl (C=O) groups is 2. The second kappa shape index (κ2) is 12.0. The molecule has 0 spiro atoms. The molecule has 1 saturated heterocycles. The van der Waals surface area contributed by atoms with Gasteiger partial charge in [0.05, 0.1) is 39.2 Å². The van der Waals surface area contributed by atoms with Gasteiger partial charge in [-0.15, -0.1) is 0 Å². The predicted octanol–water partition coefficient (Wildman–Crippen LogP) is 2.95. The summed E-state index contributed by atoms with van der Waals surface area (Å²) in [5, 5.41) is 6.36. The van der Waals surface area contributed by atoms with Crippen molar-refractivity contribution >= 4 is 17.5 Å². The minimum absolute atomic E-state index is 0.000211. The lowest BCUT2D eigenvalue weighted by atomic mass is 9.97. The first-order chi connectivity index (χ1) is 18.6. The summed E-state index contributed by atoms with van der Waals surface area (Å²) in [4.78, 5) is 31.1. The molecule has 0 bridgehead atoms. The molecule has 0 N–H and O–H groups in total. The topological polar surface area (TPSA) is 83.9 Å². The number of amides is 2. The van der Waals surface area contributed by atoms with Gasteiger partial charge in [0.25, 0.3) is 5.91 Å². The van der Waals surface area contributed by atoms with E-state index >= 15 is 0 Å². The number of rotatable bonds is 10. The van der Waals surface area contributed by atoms with E-state index in [1.807, 2.05) is 48.5 Å². The molecule has 1 atom stereocenters. The maximum atomic E-state index is 13.9. The zero-order valence-electron chi connectivity index (χ0n) is 22.2. The van der Waals surface area contributed by atoms with Crippen LogP contribution in [0.4, 0.5) is 0 Å². The average molecular weight is 521 g/mol. The molecule has 2 aromatic carbocycles. The lowest BCUT2D eigenvalue weighted by Crippen LogP contribution is -2.47. The van der Waals surface area contributed by atoms with Gasteiger partial charge in [0, 0.05) is 49.6 Å². The van der Waals surface area contributed by atoms with Gasteiger partial charge < -0.3 is 19.1 Å². The molecule has 202 valence electrons. The van der Waals surface area contributed by atoms with Crippen molar-refractivity contribution in [3.8, 4) is 11.5 Å². The zero-order valence-corrected chi connectivity index (χ0v) is 22.2. The minimum Gasteiger partial charge on any atom is -0.497 e. The van der Waals surface area contributed by atoms with Gasteiger partial charge in [-0.05, 0) is 31.0 Å². The van der Waals surface area contributed by atoms with Crippen molar-refractivity contribution in [3.05, 3.63) is 59.7 Å². The number of benzene rings is 2. The molecule has 2 amide bonds. The van der Waals surface area contributed by atoms with Gasteiger partial charge in [-0.3, -0.25) is 14.5 Å². The van der Waals surface area contributed by atoms with Crippen molar-refractivity contribution in [1.29, 1.82) is 0 Å². The fourth-order valence-electron chi connectivity index (χ4n) is 5.08. The molecular formula is C29H36N4O5. The van der Waals surface area contributed by atoms with E-state index in [2.05, 4.69) is 4.90 Å². The zero-order chi connectivity index (χ0) is 26.5. The van der Waals surface area contributed by atoms with Gasteiger partial charge in [0.2, 0.25) is 5.91 Å². The van der Waals surface area contributed by atoms with Gasteiger partial charge in [-0.25, -0.2) is 5.01 Å². The molecule has 3 aliphatic rings.